The molecule has 3 aliphatic carbocycles. The van der Waals surface area contributed by atoms with Gasteiger partial charge in [0.15, 0.2) is 18.4 Å². The fourth-order valence-corrected chi connectivity index (χ4v) is 11.9. The predicted octanol–water partition coefficient (Wildman–Crippen LogP) is 5.88. The first-order chi connectivity index (χ1) is 29.3. The van der Waals surface area contributed by atoms with Crippen LogP contribution in [0.5, 0.6) is 0 Å². The van der Waals surface area contributed by atoms with E-state index in [0.29, 0.717) is 55.3 Å². The number of fused-ring (bicyclic) bond motifs is 5. The monoisotopic (exact) mass is 859 g/mol. The molecule has 7 rings (SSSR count). The molecule has 0 aromatic heterocycles. The number of benzene rings is 1. The first-order valence-electron chi connectivity index (χ1n) is 22.8. The molecule has 13 nitrogen and oxygen atoms in total. The Labute approximate surface area is 361 Å². The molecule has 5 fully saturated rings. The zero-order valence-electron chi connectivity index (χ0n) is 37.6. The number of aryl methyl sites for hydroxylation is 1. The summed E-state index contributed by atoms with van der Waals surface area (Å²) in [6, 6.07) is 4.53. The number of aliphatic hydroxyl groups excluding tert-OH is 1. The van der Waals surface area contributed by atoms with Crippen molar-refractivity contribution in [1.82, 2.24) is 5.32 Å². The number of ether oxygens (including phenoxy) is 8. The van der Waals surface area contributed by atoms with E-state index in [1.807, 2.05) is 53.8 Å². The largest absolute Gasteiger partial charge is 0.462 e. The van der Waals surface area contributed by atoms with Gasteiger partial charge in [0, 0.05) is 45.1 Å². The van der Waals surface area contributed by atoms with Crippen LogP contribution in [0.1, 0.15) is 91.0 Å². The second-order valence-corrected chi connectivity index (χ2v) is 18.6. The summed E-state index contributed by atoms with van der Waals surface area (Å²) in [5.41, 5.74) is 1.57. The number of aliphatic hydroxyl groups is 1. The maximum Gasteiger partial charge on any atom is 0.306 e. The lowest BCUT2D eigenvalue weighted by atomic mass is 9.62. The van der Waals surface area contributed by atoms with Crippen molar-refractivity contribution in [3.8, 4) is 0 Å². The van der Waals surface area contributed by atoms with Crippen molar-refractivity contribution < 1.29 is 57.0 Å². The fourth-order valence-electron chi connectivity index (χ4n) is 11.9. The van der Waals surface area contributed by atoms with Crippen LogP contribution in [-0.4, -0.2) is 125 Å². The van der Waals surface area contributed by atoms with Crippen LogP contribution >= 0.6 is 0 Å². The number of halogens is 1. The van der Waals surface area contributed by atoms with E-state index in [4.69, 9.17) is 37.9 Å². The quantitative estimate of drug-likeness (QED) is 0.228. The Morgan fingerprint density at radius 3 is 2.31 bits per heavy atom. The average Bonchev–Trinajstić information content (AvgIpc) is 3.83. The summed E-state index contributed by atoms with van der Waals surface area (Å²) < 4.78 is 65.5. The number of carbonyl (C=O) groups excluding carboxylic acids is 2. The van der Waals surface area contributed by atoms with Crippen molar-refractivity contribution in [2.45, 2.75) is 172 Å². The molecule has 6 aliphatic rings. The maximum absolute atomic E-state index is 15.6. The number of hydrogen-bond acceptors (Lipinski definition) is 13. The Bertz CT molecular complexity index is 1680. The van der Waals surface area contributed by atoms with Gasteiger partial charge in [0.2, 0.25) is 0 Å². The van der Waals surface area contributed by atoms with Gasteiger partial charge in [-0.2, -0.15) is 0 Å². The van der Waals surface area contributed by atoms with Crippen LogP contribution in [0.15, 0.2) is 29.8 Å². The molecule has 342 valence electrons. The van der Waals surface area contributed by atoms with Crippen molar-refractivity contribution >= 4 is 17.4 Å². The summed E-state index contributed by atoms with van der Waals surface area (Å²) in [6.45, 7) is 9.75. The number of likely N-dealkylation sites (N-methyl/N-ethyl adjacent to an activating group) is 1. The van der Waals surface area contributed by atoms with Crippen LogP contribution in [0.2, 0.25) is 0 Å². The van der Waals surface area contributed by atoms with E-state index in [1.165, 1.54) is 6.07 Å². The third-order valence-electron chi connectivity index (χ3n) is 15.2. The molecule has 61 heavy (non-hydrogen) atoms. The van der Waals surface area contributed by atoms with Crippen LogP contribution in [0.3, 0.4) is 0 Å². The molecule has 3 N–H and O–H groups in total. The summed E-state index contributed by atoms with van der Waals surface area (Å²) in [4.78, 5) is 29.0. The number of hydrogen-bond donors (Lipinski definition) is 3. The van der Waals surface area contributed by atoms with Gasteiger partial charge in [-0.15, -0.1) is 0 Å². The molecule has 2 saturated carbocycles. The summed E-state index contributed by atoms with van der Waals surface area (Å²) in [7, 11) is 6.77. The molecule has 0 bridgehead atoms. The number of nitrogens with one attached hydrogen (secondary N) is 2. The molecule has 3 aliphatic heterocycles. The zero-order chi connectivity index (χ0) is 43.7. The summed E-state index contributed by atoms with van der Waals surface area (Å²) in [5.74, 6) is -3.10. The first-order valence-corrected chi connectivity index (χ1v) is 22.8. The molecule has 0 spiro atoms. The van der Waals surface area contributed by atoms with Gasteiger partial charge in [-0.3, -0.25) is 9.59 Å². The topological polar surface area (TPSA) is 152 Å². The number of Topliss-reactive ketones (excluding diaryl/α,β-unsaturated/α-hetero) is 1. The van der Waals surface area contributed by atoms with Crippen molar-refractivity contribution in [1.29, 1.82) is 0 Å². The zero-order valence-corrected chi connectivity index (χ0v) is 37.6. The minimum atomic E-state index is -1.05. The van der Waals surface area contributed by atoms with Gasteiger partial charge < -0.3 is 53.6 Å². The molecule has 1 aromatic rings. The SMILES string of the molecule is CC[C@H]1CCC[C@H](O[C@H]2CC[C@H](NC)C(C)O2)[C@@H](C)C(=O)C2=C[C@H]3[C@@H]4C[C@H](O[C@@H]5OC(C)[C@H](OC)C(OC)C5OC)C[C@H]4[C@H](Nc4c(C)cccc4F)[C@@H](O)[C@H]3[C@@H]2CC(=O)O1. The standard InChI is InChI=1S/C47H71FN2O11/c1-10-27-14-12-16-36(61-38-18-17-35(49-6)25(4)57-38)24(3)42(52)33-21-30-29-19-28(60-47-46(56-9)45(55-8)44(54-7)26(5)58-47)20-32(29)41(50-40-23(2)13-11-15-34(40)48)43(53)39(30)31(33)22-37(51)59-27/h11,13,15,21,24-32,35-36,38-39,41,43-47,49-50,53H,10,12,14,16-20,22H2,1-9H3/t24-,25?,26?,27+,28+,29+,30+,31-,32-,35+,36+,38+,39-,41+,43+,44+,45?,46?,47+/m1/s1. The van der Waals surface area contributed by atoms with E-state index in [9.17, 15) is 9.90 Å². The highest BCUT2D eigenvalue weighted by molar-refractivity contribution is 5.99. The number of carbonyl (C=O) groups is 2. The number of rotatable bonds is 11. The lowest BCUT2D eigenvalue weighted by molar-refractivity contribution is -0.314. The Kier molecular flexibility index (Phi) is 15.3. The molecule has 3 heterocycles. The highest BCUT2D eigenvalue weighted by atomic mass is 19.1. The predicted molar refractivity (Wildman–Crippen MR) is 225 cm³/mol. The minimum Gasteiger partial charge on any atom is -0.462 e. The normalized spacial score (nSPS) is 43.3. The Hall–Kier alpha value is -2.53. The van der Waals surface area contributed by atoms with Crippen molar-refractivity contribution in [3.63, 3.8) is 0 Å². The highest BCUT2D eigenvalue weighted by Gasteiger charge is 2.60. The second kappa shape index (κ2) is 20.1. The van der Waals surface area contributed by atoms with Crippen LogP contribution in [0.4, 0.5) is 10.1 Å². The lowest BCUT2D eigenvalue weighted by Gasteiger charge is -2.47. The van der Waals surface area contributed by atoms with Gasteiger partial charge in [-0.05, 0) is 114 Å². The third kappa shape index (κ3) is 9.49. The molecule has 19 atom stereocenters. The number of ketones is 1. The number of esters is 1. The van der Waals surface area contributed by atoms with E-state index >= 15 is 9.18 Å². The van der Waals surface area contributed by atoms with E-state index in [2.05, 4.69) is 10.6 Å². The number of anilines is 1. The van der Waals surface area contributed by atoms with Crippen LogP contribution in [-0.2, 0) is 47.5 Å². The van der Waals surface area contributed by atoms with E-state index in [1.54, 1.807) is 27.4 Å². The van der Waals surface area contributed by atoms with Crippen LogP contribution in [0, 0.1) is 48.2 Å². The van der Waals surface area contributed by atoms with Crippen molar-refractivity contribution in [2.75, 3.05) is 33.7 Å². The van der Waals surface area contributed by atoms with Gasteiger partial charge in [0.1, 0.15) is 30.2 Å². The number of para-hydroxylation sites is 1. The highest BCUT2D eigenvalue weighted by Crippen LogP contribution is 2.57. The number of cyclic esters (lactones) is 1. The average molecular weight is 859 g/mol. The van der Waals surface area contributed by atoms with Gasteiger partial charge >= 0.3 is 5.97 Å². The molecule has 4 unspecified atom stereocenters. The Morgan fingerprint density at radius 2 is 1.64 bits per heavy atom. The molecular formula is C47H71FN2O11. The fraction of sp³-hybridized carbons (Fsp3) is 0.787. The molecular weight excluding hydrogens is 788 g/mol. The van der Waals surface area contributed by atoms with Gasteiger partial charge in [0.05, 0.1) is 48.7 Å². The summed E-state index contributed by atoms with van der Waals surface area (Å²) >= 11 is 0. The van der Waals surface area contributed by atoms with Gasteiger partial charge in [-0.1, -0.05) is 32.1 Å². The molecule has 14 heteroatoms. The second-order valence-electron chi connectivity index (χ2n) is 18.6. The smallest absolute Gasteiger partial charge is 0.306 e. The third-order valence-corrected chi connectivity index (χ3v) is 15.2. The van der Waals surface area contributed by atoms with Gasteiger partial charge in [-0.25, -0.2) is 4.39 Å². The molecule has 0 radical (unpaired) electrons. The number of allylic oxidation sites excluding steroid dienone is 2. The Morgan fingerprint density at radius 1 is 0.902 bits per heavy atom. The summed E-state index contributed by atoms with van der Waals surface area (Å²) in [5, 5.41) is 19.5. The first kappa shape index (κ1) is 46.5. The minimum absolute atomic E-state index is 0.0459. The lowest BCUT2D eigenvalue weighted by Crippen LogP contribution is -2.59. The van der Waals surface area contributed by atoms with Crippen molar-refractivity contribution in [3.05, 3.63) is 41.2 Å². The van der Waals surface area contributed by atoms with E-state index in [-0.39, 0.29) is 72.5 Å². The molecule has 1 aromatic carbocycles. The van der Waals surface area contributed by atoms with Crippen LogP contribution < -0.4 is 10.6 Å². The maximum atomic E-state index is 15.6. The van der Waals surface area contributed by atoms with Gasteiger partial charge in [0.25, 0.3) is 0 Å². The molecule has 3 saturated heterocycles. The van der Waals surface area contributed by atoms with E-state index < -0.39 is 66.6 Å². The van der Waals surface area contributed by atoms with Crippen molar-refractivity contribution in [2.24, 2.45) is 35.5 Å². The Balaban J connectivity index is 1.22. The van der Waals surface area contributed by atoms with E-state index in [0.717, 1.165) is 12.8 Å². The summed E-state index contributed by atoms with van der Waals surface area (Å²) in [6.07, 6.45) is 2.30. The molecule has 0 amide bonds. The number of methoxy groups -OCH3 is 3. The van der Waals surface area contributed by atoms with Crippen LogP contribution in [0.25, 0.3) is 0 Å².